The van der Waals surface area contributed by atoms with E-state index in [9.17, 15) is 18.0 Å². The Kier molecular flexibility index (Phi) is 5.71. The van der Waals surface area contributed by atoms with Crippen molar-refractivity contribution in [3.63, 3.8) is 0 Å². The first kappa shape index (κ1) is 23.5. The molecule has 7 nitrogen and oxygen atoms in total. The first-order chi connectivity index (χ1) is 15.9. The summed E-state index contributed by atoms with van der Waals surface area (Å²) in [6.45, 7) is 11.0. The van der Waals surface area contributed by atoms with Gasteiger partial charge in [-0.15, -0.1) is 0 Å². The Balaban J connectivity index is 1.74. The molecule has 1 aliphatic heterocycles. The molecule has 4 heterocycles. The zero-order valence-electron chi connectivity index (χ0n) is 19.4. The van der Waals surface area contributed by atoms with Crippen LogP contribution >= 0.6 is 0 Å². The van der Waals surface area contributed by atoms with E-state index in [1.165, 1.54) is 17.3 Å². The zero-order valence-corrected chi connectivity index (χ0v) is 19.4. The van der Waals surface area contributed by atoms with Crippen LogP contribution in [-0.2, 0) is 12.1 Å². The Bertz CT molecular complexity index is 1280. The molecule has 0 saturated heterocycles. The minimum atomic E-state index is -4.41. The summed E-state index contributed by atoms with van der Waals surface area (Å²) in [5.74, 6) is -0.324. The van der Waals surface area contributed by atoms with E-state index in [4.69, 9.17) is 4.98 Å². The number of alkyl halides is 3. The maximum Gasteiger partial charge on any atom is 0.408 e. The van der Waals surface area contributed by atoms with Gasteiger partial charge in [0.2, 0.25) is 0 Å². The Morgan fingerprint density at radius 2 is 1.94 bits per heavy atom. The third kappa shape index (κ3) is 4.15. The summed E-state index contributed by atoms with van der Waals surface area (Å²) in [4.78, 5) is 24.0. The Morgan fingerprint density at radius 1 is 1.21 bits per heavy atom. The quantitative estimate of drug-likeness (QED) is 0.566. The number of fused-ring (bicyclic) bond motifs is 1. The minimum absolute atomic E-state index is 0.281. The van der Waals surface area contributed by atoms with E-state index < -0.39 is 18.3 Å². The number of amides is 1. The highest BCUT2D eigenvalue weighted by molar-refractivity contribution is 6.12. The zero-order chi connectivity index (χ0) is 24.8. The molecular weight excluding hydrogens is 445 g/mol. The van der Waals surface area contributed by atoms with Crippen molar-refractivity contribution < 1.29 is 18.0 Å². The van der Waals surface area contributed by atoms with Crippen molar-refractivity contribution in [3.8, 4) is 11.3 Å². The number of aryl methyl sites for hydroxylation is 1. The maximum absolute atomic E-state index is 13.4. The molecule has 0 unspecified atom stereocenters. The fraction of sp³-hybridized carbons (Fsp3) is 0.333. The maximum atomic E-state index is 13.4. The van der Waals surface area contributed by atoms with Crippen LogP contribution in [0.4, 0.5) is 18.9 Å². The highest BCUT2D eigenvalue weighted by atomic mass is 19.4. The van der Waals surface area contributed by atoms with Crippen molar-refractivity contribution in [3.05, 3.63) is 65.9 Å². The fourth-order valence-corrected chi connectivity index (χ4v) is 4.24. The van der Waals surface area contributed by atoms with Gasteiger partial charge in [-0.25, -0.2) is 4.98 Å². The van der Waals surface area contributed by atoms with Crippen LogP contribution in [0, 0.1) is 6.92 Å². The molecule has 0 radical (unpaired) electrons. The topological polar surface area (TPSA) is 75.9 Å². The van der Waals surface area contributed by atoms with Gasteiger partial charge >= 0.3 is 6.18 Å². The summed E-state index contributed by atoms with van der Waals surface area (Å²) < 4.78 is 39.1. The molecule has 0 atom stereocenters. The van der Waals surface area contributed by atoms with Gasteiger partial charge in [0.15, 0.2) is 0 Å². The third-order valence-electron chi connectivity index (χ3n) is 5.76. The lowest BCUT2D eigenvalue weighted by Crippen LogP contribution is -2.39. The molecule has 3 aromatic rings. The van der Waals surface area contributed by atoms with E-state index in [1.807, 2.05) is 39.8 Å². The van der Waals surface area contributed by atoms with Gasteiger partial charge in [0.25, 0.3) is 5.91 Å². The molecule has 0 spiro atoms. The first-order valence-electron chi connectivity index (χ1n) is 10.8. The van der Waals surface area contributed by atoms with Gasteiger partial charge < -0.3 is 5.32 Å². The smallest absolute Gasteiger partial charge is 0.385 e. The molecule has 0 saturated carbocycles. The number of carbonyl (C=O) groups excluding carboxylic acids is 1. The van der Waals surface area contributed by atoms with Gasteiger partial charge in [-0.05, 0) is 45.4 Å². The molecule has 0 aromatic carbocycles. The van der Waals surface area contributed by atoms with Crippen LogP contribution in [0.1, 0.15) is 48.0 Å². The number of pyridine rings is 2. The summed E-state index contributed by atoms with van der Waals surface area (Å²) in [5.41, 5.74) is 4.07. The van der Waals surface area contributed by atoms with Gasteiger partial charge in [0.1, 0.15) is 6.54 Å². The molecule has 1 N–H and O–H groups in total. The van der Waals surface area contributed by atoms with Crippen molar-refractivity contribution in [2.45, 2.75) is 46.0 Å². The number of hydrogen-bond donors (Lipinski definition) is 1. The monoisotopic (exact) mass is 470 g/mol. The summed E-state index contributed by atoms with van der Waals surface area (Å²) in [5, 5.41) is 6.97. The number of anilines is 1. The average Bonchev–Trinajstić information content (AvgIpc) is 3.26. The van der Waals surface area contributed by atoms with Crippen molar-refractivity contribution in [1.29, 1.82) is 0 Å². The molecule has 1 amide bonds. The predicted octanol–water partition coefficient (Wildman–Crippen LogP) is 4.69. The van der Waals surface area contributed by atoms with Gasteiger partial charge in [0, 0.05) is 42.0 Å². The third-order valence-corrected chi connectivity index (χ3v) is 5.76. The minimum Gasteiger partial charge on any atom is -0.385 e. The van der Waals surface area contributed by atoms with Crippen molar-refractivity contribution >= 4 is 17.3 Å². The normalized spacial score (nSPS) is 14.9. The van der Waals surface area contributed by atoms with E-state index in [2.05, 4.69) is 22.0 Å². The highest BCUT2D eigenvalue weighted by Gasteiger charge is 2.47. The predicted molar refractivity (Wildman–Crippen MR) is 123 cm³/mol. The van der Waals surface area contributed by atoms with Crippen LogP contribution in [0.3, 0.4) is 0 Å². The average molecular weight is 470 g/mol. The standard InChI is InChI=1S/C24H25F3N6O/c1-6-29-15(3)16-8-17(10-28-9-16)19-7-14(2)20-21(31-19)23(4,5)33(22(20)34)18-11-30-32(12-18)13-24(25,26)27/h7-12,29H,3,6,13H2,1-2,4-5H3. The van der Waals surface area contributed by atoms with Crippen LogP contribution in [0.25, 0.3) is 17.0 Å². The fourth-order valence-electron chi connectivity index (χ4n) is 4.24. The van der Waals surface area contributed by atoms with Crippen molar-refractivity contribution in [2.75, 3.05) is 11.4 Å². The molecule has 3 aromatic heterocycles. The Hall–Kier alpha value is -3.69. The van der Waals surface area contributed by atoms with Crippen molar-refractivity contribution in [2.24, 2.45) is 0 Å². The molecule has 34 heavy (non-hydrogen) atoms. The molecule has 4 rings (SSSR count). The second-order valence-electron chi connectivity index (χ2n) is 8.73. The van der Waals surface area contributed by atoms with E-state index in [-0.39, 0.29) is 11.6 Å². The number of carbonyl (C=O) groups is 1. The van der Waals surface area contributed by atoms with E-state index in [0.29, 0.717) is 17.0 Å². The lowest BCUT2D eigenvalue weighted by molar-refractivity contribution is -0.142. The van der Waals surface area contributed by atoms with E-state index in [1.54, 1.807) is 12.4 Å². The van der Waals surface area contributed by atoms with Crippen LogP contribution in [-0.4, -0.2) is 38.4 Å². The number of hydrogen-bond acceptors (Lipinski definition) is 5. The second kappa shape index (κ2) is 8.27. The molecule has 1 aliphatic rings. The van der Waals surface area contributed by atoms with Crippen LogP contribution in [0.5, 0.6) is 0 Å². The van der Waals surface area contributed by atoms with Gasteiger partial charge in [-0.1, -0.05) is 6.58 Å². The summed E-state index contributed by atoms with van der Waals surface area (Å²) >= 11 is 0. The van der Waals surface area contributed by atoms with Gasteiger partial charge in [0.05, 0.1) is 34.4 Å². The number of aromatic nitrogens is 4. The van der Waals surface area contributed by atoms with Crippen LogP contribution < -0.4 is 10.2 Å². The number of rotatable bonds is 6. The SMILES string of the molecule is C=C(NCC)c1cncc(-c2cc(C)c3c(n2)C(C)(C)N(c2cnn(CC(F)(F)F)c2)C3=O)c1. The highest BCUT2D eigenvalue weighted by Crippen LogP contribution is 2.43. The van der Waals surface area contributed by atoms with Gasteiger partial charge in [-0.3, -0.25) is 19.4 Å². The Labute approximate surface area is 195 Å². The molecule has 10 heteroatoms. The van der Waals surface area contributed by atoms with Crippen molar-refractivity contribution in [1.82, 2.24) is 25.1 Å². The molecule has 0 aliphatic carbocycles. The molecular formula is C24H25F3N6O. The van der Waals surface area contributed by atoms with E-state index >= 15 is 0 Å². The van der Waals surface area contributed by atoms with Crippen LogP contribution in [0.2, 0.25) is 0 Å². The molecule has 0 bridgehead atoms. The number of halogens is 3. The van der Waals surface area contributed by atoms with Gasteiger partial charge in [-0.2, -0.15) is 18.3 Å². The second-order valence-corrected chi connectivity index (χ2v) is 8.73. The lowest BCUT2D eigenvalue weighted by atomic mass is 9.96. The van der Waals surface area contributed by atoms with E-state index in [0.717, 1.165) is 33.6 Å². The molecule has 0 fully saturated rings. The lowest BCUT2D eigenvalue weighted by Gasteiger charge is -2.30. The summed E-state index contributed by atoms with van der Waals surface area (Å²) in [7, 11) is 0. The largest absolute Gasteiger partial charge is 0.408 e. The first-order valence-corrected chi connectivity index (χ1v) is 10.8. The summed E-state index contributed by atoms with van der Waals surface area (Å²) in [6.07, 6.45) is 1.49. The van der Waals surface area contributed by atoms with Crippen LogP contribution in [0.15, 0.2) is 43.5 Å². The summed E-state index contributed by atoms with van der Waals surface area (Å²) in [6, 6.07) is 3.75. The number of nitrogens with zero attached hydrogens (tertiary/aromatic N) is 5. The molecule has 178 valence electrons. The number of nitrogens with one attached hydrogen (secondary N) is 1. The Morgan fingerprint density at radius 3 is 2.62 bits per heavy atom.